The van der Waals surface area contributed by atoms with Gasteiger partial charge in [0.2, 0.25) is 5.78 Å². The maximum atomic E-state index is 13.8. The van der Waals surface area contributed by atoms with Crippen LogP contribution in [0, 0.1) is 0 Å². The summed E-state index contributed by atoms with van der Waals surface area (Å²) >= 11 is 0. The smallest absolute Gasteiger partial charge is 0.201 e. The first-order valence-corrected chi connectivity index (χ1v) is 4.92. The van der Waals surface area contributed by atoms with Crippen molar-refractivity contribution in [3.05, 3.63) is 66.0 Å². The maximum absolute atomic E-state index is 13.8. The zero-order chi connectivity index (χ0) is 11.4. The number of halogens is 1. The van der Waals surface area contributed by atoms with Crippen molar-refractivity contribution in [3.8, 4) is 0 Å². The molecule has 0 aliphatic heterocycles. The molecule has 0 saturated heterocycles. The Morgan fingerprint density at radius 1 is 1.06 bits per heavy atom. The first-order chi connectivity index (χ1) is 7.79. The SMILES string of the molecule is O=C(c1ccccc1)C(F)c1ccncc1. The van der Waals surface area contributed by atoms with E-state index in [1.54, 1.807) is 30.3 Å². The van der Waals surface area contributed by atoms with E-state index < -0.39 is 12.0 Å². The molecule has 0 radical (unpaired) electrons. The van der Waals surface area contributed by atoms with Gasteiger partial charge in [-0.05, 0) is 17.7 Å². The zero-order valence-electron chi connectivity index (χ0n) is 8.51. The van der Waals surface area contributed by atoms with Gasteiger partial charge in [-0.15, -0.1) is 0 Å². The maximum Gasteiger partial charge on any atom is 0.201 e. The number of ketones is 1. The minimum atomic E-state index is -1.62. The molecular formula is C13H10FNO. The van der Waals surface area contributed by atoms with Crippen molar-refractivity contribution < 1.29 is 9.18 Å². The normalized spacial score (nSPS) is 12.1. The summed E-state index contributed by atoms with van der Waals surface area (Å²) < 4.78 is 13.8. The Hall–Kier alpha value is -2.03. The molecule has 0 amide bonds. The lowest BCUT2D eigenvalue weighted by atomic mass is 10.0. The Bertz CT molecular complexity index is 470. The van der Waals surface area contributed by atoms with Gasteiger partial charge >= 0.3 is 0 Å². The molecule has 1 aromatic heterocycles. The van der Waals surface area contributed by atoms with Gasteiger partial charge < -0.3 is 0 Å². The molecule has 0 bridgehead atoms. The lowest BCUT2D eigenvalue weighted by Gasteiger charge is -2.06. The average molecular weight is 215 g/mol. The highest BCUT2D eigenvalue weighted by Gasteiger charge is 2.20. The minimum Gasteiger partial charge on any atom is -0.290 e. The molecule has 1 aromatic carbocycles. The largest absolute Gasteiger partial charge is 0.290 e. The van der Waals surface area contributed by atoms with Crippen LogP contribution in [0.5, 0.6) is 0 Å². The fourth-order valence-electron chi connectivity index (χ4n) is 1.43. The van der Waals surface area contributed by atoms with E-state index in [0.717, 1.165) is 0 Å². The molecule has 0 fully saturated rings. The van der Waals surface area contributed by atoms with Gasteiger partial charge in [-0.3, -0.25) is 9.78 Å². The van der Waals surface area contributed by atoms with Gasteiger partial charge in [-0.25, -0.2) is 4.39 Å². The highest BCUT2D eigenvalue weighted by atomic mass is 19.1. The Kier molecular flexibility index (Phi) is 3.05. The van der Waals surface area contributed by atoms with Gasteiger partial charge in [0.25, 0.3) is 0 Å². The average Bonchev–Trinajstić information content (AvgIpc) is 2.39. The van der Waals surface area contributed by atoms with Gasteiger partial charge in [-0.2, -0.15) is 0 Å². The molecule has 0 spiro atoms. The van der Waals surface area contributed by atoms with Gasteiger partial charge in [0.15, 0.2) is 6.17 Å². The molecule has 1 atom stereocenters. The predicted octanol–water partition coefficient (Wildman–Crippen LogP) is 2.98. The third-order valence-electron chi connectivity index (χ3n) is 2.29. The van der Waals surface area contributed by atoms with E-state index in [1.165, 1.54) is 24.5 Å². The van der Waals surface area contributed by atoms with E-state index >= 15 is 0 Å². The van der Waals surface area contributed by atoms with Crippen LogP contribution in [0.2, 0.25) is 0 Å². The summed E-state index contributed by atoms with van der Waals surface area (Å²) in [6.07, 6.45) is 1.32. The van der Waals surface area contributed by atoms with Crippen LogP contribution in [0.1, 0.15) is 22.1 Å². The van der Waals surface area contributed by atoms with Crippen molar-refractivity contribution in [2.75, 3.05) is 0 Å². The first kappa shape index (κ1) is 10.5. The Labute approximate surface area is 92.8 Å². The van der Waals surface area contributed by atoms with E-state index in [9.17, 15) is 9.18 Å². The van der Waals surface area contributed by atoms with E-state index in [-0.39, 0.29) is 0 Å². The molecule has 0 aliphatic rings. The molecule has 1 heterocycles. The second kappa shape index (κ2) is 4.66. The van der Waals surface area contributed by atoms with Gasteiger partial charge in [-0.1, -0.05) is 30.3 Å². The first-order valence-electron chi connectivity index (χ1n) is 4.92. The lowest BCUT2D eigenvalue weighted by molar-refractivity contribution is 0.0878. The van der Waals surface area contributed by atoms with Crippen LogP contribution < -0.4 is 0 Å². The number of carbonyl (C=O) groups is 1. The number of hydrogen-bond acceptors (Lipinski definition) is 2. The Morgan fingerprint density at radius 2 is 1.69 bits per heavy atom. The Balaban J connectivity index is 2.24. The summed E-state index contributed by atoms with van der Waals surface area (Å²) in [7, 11) is 0. The summed E-state index contributed by atoms with van der Waals surface area (Å²) in [5.41, 5.74) is 0.718. The molecular weight excluding hydrogens is 205 g/mol. The minimum absolute atomic E-state index is 0.337. The molecule has 0 saturated carbocycles. The number of nitrogens with zero attached hydrogens (tertiary/aromatic N) is 1. The van der Waals surface area contributed by atoms with Crippen molar-refractivity contribution in [1.82, 2.24) is 4.98 Å². The van der Waals surface area contributed by atoms with E-state index in [1.807, 2.05) is 0 Å². The van der Waals surface area contributed by atoms with E-state index in [0.29, 0.717) is 11.1 Å². The predicted molar refractivity (Wildman–Crippen MR) is 58.9 cm³/mol. The number of rotatable bonds is 3. The van der Waals surface area contributed by atoms with Crippen LogP contribution in [-0.2, 0) is 0 Å². The number of hydrogen-bond donors (Lipinski definition) is 0. The van der Waals surface area contributed by atoms with Crippen molar-refractivity contribution in [3.63, 3.8) is 0 Å². The Morgan fingerprint density at radius 3 is 2.31 bits per heavy atom. The summed E-state index contributed by atoms with van der Waals surface area (Å²) in [6, 6.07) is 11.4. The lowest BCUT2D eigenvalue weighted by Crippen LogP contribution is -2.08. The molecule has 2 nitrogen and oxygen atoms in total. The van der Waals surface area contributed by atoms with Crippen LogP contribution in [0.3, 0.4) is 0 Å². The molecule has 2 aromatic rings. The van der Waals surface area contributed by atoms with Crippen LogP contribution in [-0.4, -0.2) is 10.8 Å². The van der Waals surface area contributed by atoms with E-state index in [4.69, 9.17) is 0 Å². The molecule has 80 valence electrons. The van der Waals surface area contributed by atoms with Crippen molar-refractivity contribution in [1.29, 1.82) is 0 Å². The molecule has 0 aliphatic carbocycles. The van der Waals surface area contributed by atoms with Crippen molar-refractivity contribution >= 4 is 5.78 Å². The second-order valence-corrected chi connectivity index (χ2v) is 3.37. The number of aromatic nitrogens is 1. The summed E-state index contributed by atoms with van der Waals surface area (Å²) in [4.78, 5) is 15.5. The van der Waals surface area contributed by atoms with Crippen molar-refractivity contribution in [2.24, 2.45) is 0 Å². The third kappa shape index (κ3) is 2.14. The number of alkyl halides is 1. The van der Waals surface area contributed by atoms with Crippen LogP contribution in [0.15, 0.2) is 54.9 Å². The number of carbonyl (C=O) groups excluding carboxylic acids is 1. The zero-order valence-corrected chi connectivity index (χ0v) is 8.51. The highest BCUT2D eigenvalue weighted by Crippen LogP contribution is 2.21. The standard InChI is InChI=1S/C13H10FNO/c14-12(10-6-8-15-9-7-10)13(16)11-4-2-1-3-5-11/h1-9,12H. The molecule has 16 heavy (non-hydrogen) atoms. The monoisotopic (exact) mass is 215 g/mol. The highest BCUT2D eigenvalue weighted by molar-refractivity contribution is 5.99. The summed E-state index contributed by atoms with van der Waals surface area (Å²) in [6.45, 7) is 0. The summed E-state index contributed by atoms with van der Waals surface area (Å²) in [5.74, 6) is -0.521. The quantitative estimate of drug-likeness (QED) is 0.737. The second-order valence-electron chi connectivity index (χ2n) is 3.37. The molecule has 0 N–H and O–H groups in total. The summed E-state index contributed by atoms with van der Waals surface area (Å²) in [5, 5.41) is 0. The molecule has 1 unspecified atom stereocenters. The number of Topliss-reactive ketones (excluding diaryl/α,β-unsaturated/α-hetero) is 1. The number of pyridine rings is 1. The fourth-order valence-corrected chi connectivity index (χ4v) is 1.43. The molecule has 3 heteroatoms. The molecule has 2 rings (SSSR count). The van der Waals surface area contributed by atoms with Gasteiger partial charge in [0, 0.05) is 18.0 Å². The van der Waals surface area contributed by atoms with Crippen LogP contribution in [0.25, 0.3) is 0 Å². The number of benzene rings is 1. The van der Waals surface area contributed by atoms with Crippen LogP contribution >= 0.6 is 0 Å². The van der Waals surface area contributed by atoms with Gasteiger partial charge in [0.05, 0.1) is 0 Å². The van der Waals surface area contributed by atoms with E-state index in [2.05, 4.69) is 4.98 Å². The topological polar surface area (TPSA) is 30.0 Å². The van der Waals surface area contributed by atoms with Crippen LogP contribution in [0.4, 0.5) is 4.39 Å². The van der Waals surface area contributed by atoms with Crippen molar-refractivity contribution in [2.45, 2.75) is 6.17 Å². The fraction of sp³-hybridized carbons (Fsp3) is 0.0769. The van der Waals surface area contributed by atoms with Gasteiger partial charge in [0.1, 0.15) is 0 Å². The third-order valence-corrected chi connectivity index (χ3v) is 2.29.